The lowest BCUT2D eigenvalue weighted by Gasteiger charge is -2.06. The average molecular weight is 248 g/mol. The van der Waals surface area contributed by atoms with Crippen molar-refractivity contribution in [3.63, 3.8) is 0 Å². The minimum absolute atomic E-state index is 0.219. The van der Waals surface area contributed by atoms with Crippen LogP contribution in [0.5, 0.6) is 0 Å². The molecule has 1 aromatic heterocycles. The first-order valence-electron chi connectivity index (χ1n) is 5.91. The summed E-state index contributed by atoms with van der Waals surface area (Å²) in [6, 6.07) is 5.26. The van der Waals surface area contributed by atoms with Crippen LogP contribution >= 0.6 is 0 Å². The van der Waals surface area contributed by atoms with Gasteiger partial charge in [-0.05, 0) is 32.0 Å². The van der Waals surface area contributed by atoms with Crippen LogP contribution in [0, 0.1) is 0 Å². The molecule has 1 heterocycles. The number of hydrogen-bond donors (Lipinski definition) is 2. The van der Waals surface area contributed by atoms with Gasteiger partial charge in [-0.25, -0.2) is 4.68 Å². The highest BCUT2D eigenvalue weighted by atomic mass is 16.3. The third-order valence-corrected chi connectivity index (χ3v) is 2.63. The van der Waals surface area contributed by atoms with Gasteiger partial charge in [-0.2, -0.15) is 0 Å². The zero-order chi connectivity index (χ0) is 13.1. The molecule has 2 N–H and O–H groups in total. The molecule has 1 aromatic carbocycles. The van der Waals surface area contributed by atoms with Crippen LogP contribution < -0.4 is 5.32 Å². The van der Waals surface area contributed by atoms with E-state index in [1.165, 1.54) is 0 Å². The van der Waals surface area contributed by atoms with E-state index in [0.717, 1.165) is 12.1 Å². The normalized spacial score (nSPS) is 12.6. The Morgan fingerprint density at radius 3 is 3.00 bits per heavy atom. The molecule has 6 heteroatoms. The molecule has 2 rings (SSSR count). The van der Waals surface area contributed by atoms with Crippen LogP contribution in [-0.2, 0) is 6.54 Å². The first-order valence-corrected chi connectivity index (χ1v) is 5.91. The lowest BCUT2D eigenvalue weighted by molar-refractivity contribution is 0.0924. The molecule has 0 saturated heterocycles. The highest BCUT2D eigenvalue weighted by molar-refractivity contribution is 5.97. The minimum atomic E-state index is -0.557. The topological polar surface area (TPSA) is 80.0 Å². The van der Waals surface area contributed by atoms with Crippen molar-refractivity contribution in [2.75, 3.05) is 6.54 Å². The van der Waals surface area contributed by atoms with Crippen LogP contribution in [-0.4, -0.2) is 38.7 Å². The van der Waals surface area contributed by atoms with E-state index in [0.29, 0.717) is 11.1 Å². The summed E-state index contributed by atoms with van der Waals surface area (Å²) < 4.78 is 1.77. The third-order valence-electron chi connectivity index (χ3n) is 2.63. The van der Waals surface area contributed by atoms with Crippen molar-refractivity contribution in [2.45, 2.75) is 26.5 Å². The second kappa shape index (κ2) is 5.14. The van der Waals surface area contributed by atoms with E-state index in [2.05, 4.69) is 15.6 Å². The number of fused-ring (bicyclic) bond motifs is 1. The SMILES string of the molecule is CCn1nnc2cc(C(=O)NCC(C)O)ccc21. The van der Waals surface area contributed by atoms with Crippen LogP contribution in [0.4, 0.5) is 0 Å². The lowest BCUT2D eigenvalue weighted by atomic mass is 10.2. The van der Waals surface area contributed by atoms with E-state index in [4.69, 9.17) is 5.11 Å². The molecule has 0 bridgehead atoms. The fourth-order valence-electron chi connectivity index (χ4n) is 1.69. The molecule has 0 saturated carbocycles. The van der Waals surface area contributed by atoms with Gasteiger partial charge in [-0.15, -0.1) is 5.10 Å². The van der Waals surface area contributed by atoms with Crippen molar-refractivity contribution in [1.82, 2.24) is 20.3 Å². The van der Waals surface area contributed by atoms with Crippen molar-refractivity contribution in [1.29, 1.82) is 0 Å². The van der Waals surface area contributed by atoms with Crippen molar-refractivity contribution in [3.8, 4) is 0 Å². The maximum Gasteiger partial charge on any atom is 0.251 e. The summed E-state index contributed by atoms with van der Waals surface area (Å²) in [5, 5.41) is 19.7. The fourth-order valence-corrected chi connectivity index (χ4v) is 1.69. The molecule has 18 heavy (non-hydrogen) atoms. The molecule has 0 radical (unpaired) electrons. The predicted octanol–water partition coefficient (Wildman–Crippen LogP) is 0.562. The van der Waals surface area contributed by atoms with Gasteiger partial charge in [0, 0.05) is 18.7 Å². The number of carbonyl (C=O) groups excluding carboxylic acids is 1. The van der Waals surface area contributed by atoms with E-state index in [1.807, 2.05) is 13.0 Å². The number of nitrogens with zero attached hydrogens (tertiary/aromatic N) is 3. The first-order chi connectivity index (χ1) is 8.61. The number of hydrogen-bond acceptors (Lipinski definition) is 4. The van der Waals surface area contributed by atoms with E-state index >= 15 is 0 Å². The molecular formula is C12H16N4O2. The number of rotatable bonds is 4. The second-order valence-corrected chi connectivity index (χ2v) is 4.17. The highest BCUT2D eigenvalue weighted by Gasteiger charge is 2.09. The van der Waals surface area contributed by atoms with Gasteiger partial charge >= 0.3 is 0 Å². The number of carbonyl (C=O) groups is 1. The maximum absolute atomic E-state index is 11.8. The van der Waals surface area contributed by atoms with Crippen molar-refractivity contribution < 1.29 is 9.90 Å². The predicted molar refractivity (Wildman–Crippen MR) is 67.2 cm³/mol. The summed E-state index contributed by atoms with van der Waals surface area (Å²) in [6.07, 6.45) is -0.557. The van der Waals surface area contributed by atoms with Crippen LogP contribution in [0.15, 0.2) is 18.2 Å². The molecule has 6 nitrogen and oxygen atoms in total. The van der Waals surface area contributed by atoms with E-state index in [-0.39, 0.29) is 12.5 Å². The van der Waals surface area contributed by atoms with Crippen molar-refractivity contribution in [3.05, 3.63) is 23.8 Å². The molecule has 2 aromatic rings. The molecular weight excluding hydrogens is 232 g/mol. The zero-order valence-corrected chi connectivity index (χ0v) is 10.4. The summed E-state index contributed by atoms with van der Waals surface area (Å²) in [6.45, 7) is 4.58. The third kappa shape index (κ3) is 2.48. The molecule has 1 amide bonds. The number of aliphatic hydroxyl groups excluding tert-OH is 1. The van der Waals surface area contributed by atoms with Gasteiger partial charge < -0.3 is 10.4 Å². The standard InChI is InChI=1S/C12H16N4O2/c1-3-16-11-5-4-9(6-10(11)14-15-16)12(18)13-7-8(2)17/h4-6,8,17H,3,7H2,1-2H3,(H,13,18). The largest absolute Gasteiger partial charge is 0.392 e. The Kier molecular flexibility index (Phi) is 3.57. The molecule has 0 aliphatic heterocycles. The number of aromatic nitrogens is 3. The monoisotopic (exact) mass is 248 g/mol. The lowest BCUT2D eigenvalue weighted by Crippen LogP contribution is -2.30. The molecule has 0 aliphatic carbocycles. The molecule has 96 valence electrons. The summed E-state index contributed by atoms with van der Waals surface area (Å²) in [5.41, 5.74) is 2.12. The number of amides is 1. The zero-order valence-electron chi connectivity index (χ0n) is 10.4. The van der Waals surface area contributed by atoms with E-state index < -0.39 is 6.10 Å². The summed E-state index contributed by atoms with van der Waals surface area (Å²) in [4.78, 5) is 11.8. The highest BCUT2D eigenvalue weighted by Crippen LogP contribution is 2.13. The minimum Gasteiger partial charge on any atom is -0.392 e. The van der Waals surface area contributed by atoms with Gasteiger partial charge in [-0.3, -0.25) is 4.79 Å². The Bertz CT molecular complexity index is 562. The molecule has 1 atom stereocenters. The maximum atomic E-state index is 11.8. The molecule has 0 fully saturated rings. The van der Waals surface area contributed by atoms with Crippen LogP contribution in [0.2, 0.25) is 0 Å². The Morgan fingerprint density at radius 2 is 2.33 bits per heavy atom. The molecule has 0 spiro atoms. The van der Waals surface area contributed by atoms with E-state index in [1.54, 1.807) is 23.7 Å². The van der Waals surface area contributed by atoms with Crippen LogP contribution in [0.3, 0.4) is 0 Å². The Labute approximate surface area is 105 Å². The van der Waals surface area contributed by atoms with Crippen LogP contribution in [0.25, 0.3) is 11.0 Å². The number of aliphatic hydroxyl groups is 1. The number of nitrogens with one attached hydrogen (secondary N) is 1. The second-order valence-electron chi connectivity index (χ2n) is 4.17. The van der Waals surface area contributed by atoms with Crippen LogP contribution in [0.1, 0.15) is 24.2 Å². The van der Waals surface area contributed by atoms with Gasteiger partial charge in [0.2, 0.25) is 0 Å². The van der Waals surface area contributed by atoms with Crippen molar-refractivity contribution in [2.24, 2.45) is 0 Å². The first kappa shape index (κ1) is 12.5. The van der Waals surface area contributed by atoms with Gasteiger partial charge in [0.1, 0.15) is 5.52 Å². The average Bonchev–Trinajstić information content (AvgIpc) is 2.77. The van der Waals surface area contributed by atoms with Gasteiger partial charge in [0.25, 0.3) is 5.91 Å². The van der Waals surface area contributed by atoms with Gasteiger partial charge in [0.05, 0.1) is 11.6 Å². The fraction of sp³-hybridized carbons (Fsp3) is 0.417. The summed E-state index contributed by atoms with van der Waals surface area (Å²) in [7, 11) is 0. The Morgan fingerprint density at radius 1 is 1.56 bits per heavy atom. The number of aryl methyl sites for hydroxylation is 1. The Hall–Kier alpha value is -1.95. The smallest absolute Gasteiger partial charge is 0.251 e. The van der Waals surface area contributed by atoms with Crippen molar-refractivity contribution >= 4 is 16.9 Å². The molecule has 0 aliphatic rings. The number of benzene rings is 1. The Balaban J connectivity index is 2.22. The summed E-state index contributed by atoms with van der Waals surface area (Å²) in [5.74, 6) is -0.219. The van der Waals surface area contributed by atoms with Gasteiger partial charge in [0.15, 0.2) is 0 Å². The van der Waals surface area contributed by atoms with Gasteiger partial charge in [-0.1, -0.05) is 5.21 Å². The van der Waals surface area contributed by atoms with E-state index in [9.17, 15) is 4.79 Å². The quantitative estimate of drug-likeness (QED) is 0.828. The molecule has 1 unspecified atom stereocenters. The summed E-state index contributed by atoms with van der Waals surface area (Å²) >= 11 is 0.